The smallest absolute Gasteiger partial charge is 0.164 e. The van der Waals surface area contributed by atoms with Crippen LogP contribution in [0.4, 0.5) is 5.69 Å². The second kappa shape index (κ2) is 4.78. The summed E-state index contributed by atoms with van der Waals surface area (Å²) >= 11 is 0. The Morgan fingerprint density at radius 1 is 1.50 bits per heavy atom. The van der Waals surface area contributed by atoms with Crippen molar-refractivity contribution >= 4 is 5.69 Å². The van der Waals surface area contributed by atoms with Crippen LogP contribution in [0.15, 0.2) is 6.20 Å². The van der Waals surface area contributed by atoms with Gasteiger partial charge in [-0.25, -0.2) is 0 Å². The number of pyridine rings is 1. The molecule has 1 heterocycles. The molecule has 0 bridgehead atoms. The third-order valence-electron chi connectivity index (χ3n) is 1.94. The van der Waals surface area contributed by atoms with Gasteiger partial charge in [-0.2, -0.15) is 0 Å². The molecule has 0 atom stereocenters. The number of hydrogen-bond donors (Lipinski definition) is 2. The minimum Gasteiger partial charge on any atom is -0.493 e. The van der Waals surface area contributed by atoms with Gasteiger partial charge in [0.2, 0.25) is 0 Å². The Hall–Kier alpha value is -1.33. The lowest BCUT2D eigenvalue weighted by molar-refractivity contribution is 0.185. The minimum absolute atomic E-state index is 0.448. The SMILES string of the molecule is COCc1cnc(C)c(OC)c1NN. The van der Waals surface area contributed by atoms with Gasteiger partial charge in [-0.05, 0) is 6.92 Å². The lowest BCUT2D eigenvalue weighted by Gasteiger charge is -2.13. The molecular formula is C9H15N3O2. The number of methoxy groups -OCH3 is 2. The molecular weight excluding hydrogens is 182 g/mol. The summed E-state index contributed by atoms with van der Waals surface area (Å²) in [5, 5.41) is 0. The molecule has 0 saturated carbocycles. The summed E-state index contributed by atoms with van der Waals surface area (Å²) in [6, 6.07) is 0. The molecule has 0 aromatic carbocycles. The summed E-state index contributed by atoms with van der Waals surface area (Å²) in [4.78, 5) is 4.18. The Bertz CT molecular complexity index is 315. The van der Waals surface area contributed by atoms with Gasteiger partial charge in [0.15, 0.2) is 5.75 Å². The monoisotopic (exact) mass is 197 g/mol. The summed E-state index contributed by atoms with van der Waals surface area (Å²) in [6.45, 7) is 2.30. The molecule has 5 heteroatoms. The first-order valence-corrected chi connectivity index (χ1v) is 4.22. The van der Waals surface area contributed by atoms with Crippen LogP contribution in [0.1, 0.15) is 11.3 Å². The fourth-order valence-corrected chi connectivity index (χ4v) is 1.30. The zero-order chi connectivity index (χ0) is 10.6. The number of rotatable bonds is 4. The van der Waals surface area contributed by atoms with Crippen molar-refractivity contribution in [2.24, 2.45) is 5.84 Å². The average molecular weight is 197 g/mol. The second-order valence-electron chi connectivity index (χ2n) is 2.85. The van der Waals surface area contributed by atoms with Gasteiger partial charge in [-0.3, -0.25) is 10.8 Å². The molecule has 1 aromatic rings. The molecule has 1 aromatic heterocycles. The number of ether oxygens (including phenoxy) is 2. The van der Waals surface area contributed by atoms with Crippen molar-refractivity contribution in [2.75, 3.05) is 19.6 Å². The number of aryl methyl sites for hydroxylation is 1. The van der Waals surface area contributed by atoms with Gasteiger partial charge in [0.05, 0.1) is 25.1 Å². The standard InChI is InChI=1S/C9H15N3O2/c1-6-9(14-3)8(12-10)7(4-11-6)5-13-2/h4H,5,10H2,1-3H3,(H,11,12). The lowest BCUT2D eigenvalue weighted by Crippen LogP contribution is -2.12. The number of nitrogens with two attached hydrogens (primary N) is 1. The van der Waals surface area contributed by atoms with Crippen LogP contribution in [0.2, 0.25) is 0 Å². The summed E-state index contributed by atoms with van der Waals surface area (Å²) in [5.41, 5.74) is 4.98. The highest BCUT2D eigenvalue weighted by molar-refractivity contribution is 5.62. The number of hydrazine groups is 1. The van der Waals surface area contributed by atoms with E-state index in [1.54, 1.807) is 20.4 Å². The Morgan fingerprint density at radius 3 is 2.71 bits per heavy atom. The van der Waals surface area contributed by atoms with Crippen molar-refractivity contribution in [2.45, 2.75) is 13.5 Å². The second-order valence-corrected chi connectivity index (χ2v) is 2.85. The molecule has 1 rings (SSSR count). The minimum atomic E-state index is 0.448. The number of nitrogens with zero attached hydrogens (tertiary/aromatic N) is 1. The third kappa shape index (κ3) is 1.94. The van der Waals surface area contributed by atoms with Gasteiger partial charge in [0.1, 0.15) is 0 Å². The topological polar surface area (TPSA) is 69.4 Å². The van der Waals surface area contributed by atoms with Gasteiger partial charge in [-0.15, -0.1) is 0 Å². The zero-order valence-electron chi connectivity index (χ0n) is 8.63. The van der Waals surface area contributed by atoms with Gasteiger partial charge >= 0.3 is 0 Å². The fraction of sp³-hybridized carbons (Fsp3) is 0.444. The molecule has 0 radical (unpaired) electrons. The Balaban J connectivity index is 3.18. The van der Waals surface area contributed by atoms with E-state index in [2.05, 4.69) is 10.4 Å². The molecule has 0 amide bonds. The van der Waals surface area contributed by atoms with E-state index in [0.29, 0.717) is 12.4 Å². The van der Waals surface area contributed by atoms with Gasteiger partial charge in [-0.1, -0.05) is 0 Å². The number of nitrogen functional groups attached to an aromatic ring is 1. The Kier molecular flexibility index (Phi) is 3.67. The molecule has 0 aliphatic carbocycles. The number of nitrogens with one attached hydrogen (secondary N) is 1. The Labute approximate surface area is 83.2 Å². The van der Waals surface area contributed by atoms with Gasteiger partial charge in [0.25, 0.3) is 0 Å². The van der Waals surface area contributed by atoms with Crippen LogP contribution in [-0.2, 0) is 11.3 Å². The van der Waals surface area contributed by atoms with Crippen LogP contribution in [0.25, 0.3) is 0 Å². The maximum Gasteiger partial charge on any atom is 0.164 e. The first kappa shape index (κ1) is 10.7. The number of hydrogen-bond acceptors (Lipinski definition) is 5. The number of anilines is 1. The van der Waals surface area contributed by atoms with E-state index < -0.39 is 0 Å². The average Bonchev–Trinajstić information content (AvgIpc) is 2.20. The highest BCUT2D eigenvalue weighted by Gasteiger charge is 2.11. The fourth-order valence-electron chi connectivity index (χ4n) is 1.30. The molecule has 14 heavy (non-hydrogen) atoms. The molecule has 0 spiro atoms. The first-order valence-electron chi connectivity index (χ1n) is 4.22. The van der Waals surface area contributed by atoms with E-state index in [0.717, 1.165) is 16.9 Å². The highest BCUT2D eigenvalue weighted by Crippen LogP contribution is 2.29. The normalized spacial score (nSPS) is 10.0. The maximum absolute atomic E-state index is 5.41. The van der Waals surface area contributed by atoms with Gasteiger partial charge < -0.3 is 14.9 Å². The van der Waals surface area contributed by atoms with E-state index in [-0.39, 0.29) is 0 Å². The molecule has 78 valence electrons. The van der Waals surface area contributed by atoms with Crippen molar-refractivity contribution in [1.82, 2.24) is 4.98 Å². The largest absolute Gasteiger partial charge is 0.493 e. The summed E-state index contributed by atoms with van der Waals surface area (Å²) < 4.78 is 10.2. The van der Waals surface area contributed by atoms with Crippen molar-refractivity contribution in [3.63, 3.8) is 0 Å². The molecule has 0 aliphatic rings. The molecule has 0 saturated heterocycles. The molecule has 0 unspecified atom stereocenters. The maximum atomic E-state index is 5.41. The van der Waals surface area contributed by atoms with E-state index in [4.69, 9.17) is 15.3 Å². The van der Waals surface area contributed by atoms with E-state index in [9.17, 15) is 0 Å². The zero-order valence-corrected chi connectivity index (χ0v) is 8.63. The summed E-state index contributed by atoms with van der Waals surface area (Å²) in [6.07, 6.45) is 1.72. The van der Waals surface area contributed by atoms with Crippen LogP contribution >= 0.6 is 0 Å². The van der Waals surface area contributed by atoms with Crippen LogP contribution in [-0.4, -0.2) is 19.2 Å². The third-order valence-corrected chi connectivity index (χ3v) is 1.94. The number of aromatic nitrogens is 1. The Morgan fingerprint density at radius 2 is 2.21 bits per heavy atom. The highest BCUT2D eigenvalue weighted by atomic mass is 16.5. The van der Waals surface area contributed by atoms with Gasteiger partial charge in [0, 0.05) is 18.9 Å². The first-order chi connectivity index (χ1) is 6.74. The lowest BCUT2D eigenvalue weighted by atomic mass is 10.2. The van der Waals surface area contributed by atoms with Crippen LogP contribution in [0.5, 0.6) is 5.75 Å². The predicted octanol–water partition coefficient (Wildman–Crippen LogP) is 0.831. The van der Waals surface area contributed by atoms with Crippen molar-refractivity contribution in [1.29, 1.82) is 0 Å². The summed E-state index contributed by atoms with van der Waals surface area (Å²) in [5.74, 6) is 6.07. The summed E-state index contributed by atoms with van der Waals surface area (Å²) in [7, 11) is 3.20. The quantitative estimate of drug-likeness (QED) is 0.552. The van der Waals surface area contributed by atoms with Crippen molar-refractivity contribution in [3.8, 4) is 5.75 Å². The molecule has 5 nitrogen and oxygen atoms in total. The molecule has 3 N–H and O–H groups in total. The van der Waals surface area contributed by atoms with Crippen LogP contribution < -0.4 is 16.0 Å². The van der Waals surface area contributed by atoms with E-state index in [1.807, 2.05) is 6.92 Å². The van der Waals surface area contributed by atoms with E-state index in [1.165, 1.54) is 0 Å². The van der Waals surface area contributed by atoms with E-state index >= 15 is 0 Å². The molecule has 0 fully saturated rings. The van der Waals surface area contributed by atoms with Crippen molar-refractivity contribution in [3.05, 3.63) is 17.5 Å². The van der Waals surface area contributed by atoms with Crippen LogP contribution in [0, 0.1) is 6.92 Å². The molecule has 0 aliphatic heterocycles. The van der Waals surface area contributed by atoms with Crippen molar-refractivity contribution < 1.29 is 9.47 Å². The van der Waals surface area contributed by atoms with Crippen LogP contribution in [0.3, 0.4) is 0 Å². The predicted molar refractivity (Wildman–Crippen MR) is 54.0 cm³/mol.